The van der Waals surface area contributed by atoms with E-state index in [1.807, 2.05) is 30.4 Å². The van der Waals surface area contributed by atoms with E-state index < -0.39 is 16.6 Å². The van der Waals surface area contributed by atoms with Crippen LogP contribution in [-0.4, -0.2) is 41.9 Å². The number of hydrogen-bond donors (Lipinski definition) is 0. The van der Waals surface area contributed by atoms with Crippen molar-refractivity contribution in [2.45, 2.75) is 135 Å². The number of ether oxygens (including phenoxy) is 1. The summed E-state index contributed by atoms with van der Waals surface area (Å²) in [5.41, 5.74) is 0. The normalized spacial score (nSPS) is 13.4. The van der Waals surface area contributed by atoms with E-state index in [1.54, 1.807) is 0 Å². The molecule has 2 aromatic rings. The first-order chi connectivity index (χ1) is 23.6. The van der Waals surface area contributed by atoms with E-state index in [1.165, 1.54) is 30.3 Å². The van der Waals surface area contributed by atoms with Crippen LogP contribution in [0.2, 0.25) is 23.2 Å². The van der Waals surface area contributed by atoms with Gasteiger partial charge in [0.05, 0.1) is 13.2 Å². The quantitative estimate of drug-likeness (QED) is 0.0482. The van der Waals surface area contributed by atoms with Gasteiger partial charge in [-0.2, -0.15) is 0 Å². The molecule has 0 spiro atoms. The number of carbonyl (C=O) groups excluding carboxylic acids is 1. The Morgan fingerprint density at radius 2 is 1.43 bits per heavy atom. The lowest BCUT2D eigenvalue weighted by molar-refractivity contribution is -0.140. The molecule has 0 amide bonds. The number of benzene rings is 2. The van der Waals surface area contributed by atoms with Crippen molar-refractivity contribution in [3.8, 4) is 23.7 Å². The zero-order chi connectivity index (χ0) is 36.0. The Labute approximate surface area is 301 Å². The lowest BCUT2D eigenvalue weighted by Gasteiger charge is -2.44. The van der Waals surface area contributed by atoms with Gasteiger partial charge < -0.3 is 13.6 Å². The minimum atomic E-state index is -2.83. The molecule has 0 aliphatic rings. The van der Waals surface area contributed by atoms with Crippen molar-refractivity contribution in [2.24, 2.45) is 0 Å². The first-order valence-electron chi connectivity index (χ1n) is 18.4. The van der Waals surface area contributed by atoms with Gasteiger partial charge in [-0.15, -0.1) is 11.8 Å². The molecule has 2 atom stereocenters. The molecule has 6 heteroatoms. The van der Waals surface area contributed by atoms with Crippen molar-refractivity contribution in [3.63, 3.8) is 0 Å². The van der Waals surface area contributed by atoms with Gasteiger partial charge in [-0.05, 0) is 58.9 Å². The summed E-state index contributed by atoms with van der Waals surface area (Å²) < 4.78 is 19.1. The predicted molar refractivity (Wildman–Crippen MR) is 213 cm³/mol. The molecule has 0 saturated heterocycles. The average molecular weight is 699 g/mol. The molecule has 0 saturated carbocycles. The lowest BCUT2D eigenvalue weighted by Crippen LogP contribution is -2.67. The summed E-state index contributed by atoms with van der Waals surface area (Å²) in [6.07, 6.45) is 14.5. The number of carbonyl (C=O) groups is 1. The van der Waals surface area contributed by atoms with Gasteiger partial charge in [0.15, 0.2) is 8.32 Å². The van der Waals surface area contributed by atoms with E-state index in [4.69, 9.17) is 13.6 Å². The first-order valence-corrected chi connectivity index (χ1v) is 22.9. The second-order valence-electron chi connectivity index (χ2n) is 13.7. The van der Waals surface area contributed by atoms with Crippen molar-refractivity contribution >= 4 is 33.0 Å². The Morgan fingerprint density at radius 1 is 0.816 bits per heavy atom. The molecular weight excluding hydrogens is 637 g/mol. The molecular formula is C43H62O4Si2. The molecule has 0 fully saturated rings. The number of rotatable bonds is 19. The van der Waals surface area contributed by atoms with Crippen molar-refractivity contribution in [1.29, 1.82) is 0 Å². The molecule has 0 bridgehead atoms. The molecule has 4 nitrogen and oxygen atoms in total. The maximum Gasteiger partial charge on any atom is 0.305 e. The highest BCUT2D eigenvalue weighted by Gasteiger charge is 2.51. The maximum atomic E-state index is 12.0. The fourth-order valence-electron chi connectivity index (χ4n) is 6.23. The van der Waals surface area contributed by atoms with Crippen molar-refractivity contribution in [1.82, 2.24) is 0 Å². The minimum absolute atomic E-state index is 0.0210. The molecule has 0 aliphatic heterocycles. The van der Waals surface area contributed by atoms with Crippen LogP contribution in [0.1, 0.15) is 99.8 Å². The van der Waals surface area contributed by atoms with E-state index in [0.717, 1.165) is 31.0 Å². The highest BCUT2D eigenvalue weighted by atomic mass is 28.4. The third-order valence-corrected chi connectivity index (χ3v) is 19.1. The largest absolute Gasteiger partial charge is 0.469 e. The molecule has 266 valence electrons. The molecule has 2 rings (SSSR count). The highest BCUT2D eigenvalue weighted by Crippen LogP contribution is 2.38. The molecule has 2 aromatic carbocycles. The van der Waals surface area contributed by atoms with Crippen molar-refractivity contribution < 1.29 is 18.4 Å². The van der Waals surface area contributed by atoms with Crippen LogP contribution in [-0.2, 0) is 18.4 Å². The van der Waals surface area contributed by atoms with E-state index in [9.17, 15) is 4.79 Å². The lowest BCUT2D eigenvalue weighted by atomic mass is 10.1. The molecule has 0 heterocycles. The smallest absolute Gasteiger partial charge is 0.305 e. The number of unbranched alkanes of at least 4 members (excludes halogenated alkanes) is 3. The SMILES string of the molecule is CCCCCC#CC[C@H](/C=C/C=C/C#C[C@H](CCCC(=O)OC)O[Si](c1ccccc1)(c1ccccc1)C(C)(C)C)O[Si](CC)(CC)CC. The molecule has 0 radical (unpaired) electrons. The number of methoxy groups -OCH3 is 1. The number of hydrogen-bond acceptors (Lipinski definition) is 4. The Bertz CT molecular complexity index is 1350. The third kappa shape index (κ3) is 13.6. The van der Waals surface area contributed by atoms with E-state index in [-0.39, 0.29) is 23.2 Å². The molecule has 49 heavy (non-hydrogen) atoms. The zero-order valence-corrected chi connectivity index (χ0v) is 33.6. The summed E-state index contributed by atoms with van der Waals surface area (Å²) in [5.74, 6) is 13.3. The van der Waals surface area contributed by atoms with Crippen molar-refractivity contribution in [2.75, 3.05) is 7.11 Å². The second kappa shape index (κ2) is 22.6. The Kier molecular flexibility index (Phi) is 19.3. The Balaban J connectivity index is 2.40. The summed E-state index contributed by atoms with van der Waals surface area (Å²) in [5, 5.41) is 2.23. The standard InChI is InChI=1S/C43H62O4Si2/c1-9-13-14-15-16-21-29-38(46-48(10-2,11-3)12-4)30-22-17-18-23-31-39(32-28-37-42(44)45-8)47-49(43(5,6)7,40-33-24-19-25-34-40)41-35-26-20-27-36-41/h17-20,22,24-27,30,33-36,38-39H,9-15,28-29,32,37H2,1-8H3/b18-17+,30-22+/t38-,39-/m1/s1. The van der Waals surface area contributed by atoms with Gasteiger partial charge in [-0.3, -0.25) is 4.79 Å². The van der Waals surface area contributed by atoms with Crippen LogP contribution in [0.5, 0.6) is 0 Å². The van der Waals surface area contributed by atoms with Crippen molar-refractivity contribution in [3.05, 3.63) is 85.0 Å². The summed E-state index contributed by atoms with van der Waals surface area (Å²) in [7, 11) is -3.18. The maximum absolute atomic E-state index is 12.0. The second-order valence-corrected chi connectivity index (χ2v) is 22.7. The van der Waals surface area contributed by atoms with Crippen LogP contribution in [0.3, 0.4) is 0 Å². The van der Waals surface area contributed by atoms with E-state index in [2.05, 4.69) is 127 Å². The van der Waals surface area contributed by atoms with E-state index in [0.29, 0.717) is 25.7 Å². The van der Waals surface area contributed by atoms with Crippen LogP contribution in [0, 0.1) is 23.7 Å². The fraction of sp³-hybridized carbons (Fsp3) is 0.512. The van der Waals surface area contributed by atoms with Gasteiger partial charge in [-0.1, -0.05) is 152 Å². The summed E-state index contributed by atoms with van der Waals surface area (Å²) in [6.45, 7) is 15.8. The van der Waals surface area contributed by atoms with Gasteiger partial charge in [0.1, 0.15) is 6.10 Å². The first kappa shape index (κ1) is 42.0. The van der Waals surface area contributed by atoms with E-state index >= 15 is 0 Å². The van der Waals surface area contributed by atoms with Gasteiger partial charge in [-0.25, -0.2) is 0 Å². The van der Waals surface area contributed by atoms with Crippen LogP contribution in [0.4, 0.5) is 0 Å². The minimum Gasteiger partial charge on any atom is -0.469 e. The van der Waals surface area contributed by atoms with Crippen LogP contribution in [0.15, 0.2) is 85.0 Å². The zero-order valence-electron chi connectivity index (χ0n) is 31.6. The Hall–Kier alpha value is -3.14. The van der Waals surface area contributed by atoms with Gasteiger partial charge in [0.2, 0.25) is 0 Å². The van der Waals surface area contributed by atoms with Gasteiger partial charge in [0.25, 0.3) is 8.32 Å². The molecule has 0 N–H and O–H groups in total. The number of esters is 1. The number of allylic oxidation sites excluding steroid dienone is 3. The molecule has 0 unspecified atom stereocenters. The molecule has 0 aliphatic carbocycles. The van der Waals surface area contributed by atoms with Crippen LogP contribution in [0.25, 0.3) is 0 Å². The van der Waals surface area contributed by atoms with Gasteiger partial charge >= 0.3 is 5.97 Å². The summed E-state index contributed by atoms with van der Waals surface area (Å²) in [6, 6.07) is 24.5. The third-order valence-electron chi connectivity index (χ3n) is 9.34. The van der Waals surface area contributed by atoms with Crippen LogP contribution < -0.4 is 10.4 Å². The predicted octanol–water partition coefficient (Wildman–Crippen LogP) is 9.75. The topological polar surface area (TPSA) is 44.8 Å². The monoisotopic (exact) mass is 698 g/mol. The Morgan fingerprint density at radius 3 is 1.96 bits per heavy atom. The average Bonchev–Trinajstić information content (AvgIpc) is 3.11. The summed E-state index contributed by atoms with van der Waals surface area (Å²) >= 11 is 0. The fourth-order valence-corrected chi connectivity index (χ4v) is 13.6. The molecule has 0 aromatic heterocycles. The van der Waals surface area contributed by atoms with Crippen LogP contribution >= 0.6 is 0 Å². The summed E-state index contributed by atoms with van der Waals surface area (Å²) in [4.78, 5) is 12.0. The highest BCUT2D eigenvalue weighted by molar-refractivity contribution is 6.99. The van der Waals surface area contributed by atoms with Gasteiger partial charge in [0, 0.05) is 19.3 Å².